The number of hydrogen-bond donors (Lipinski definition) is 1. The van der Waals surface area contributed by atoms with Gasteiger partial charge in [-0.25, -0.2) is 4.98 Å². The number of para-hydroxylation sites is 1. The highest BCUT2D eigenvalue weighted by Crippen LogP contribution is 2.31. The third-order valence-corrected chi connectivity index (χ3v) is 5.86. The van der Waals surface area contributed by atoms with Gasteiger partial charge in [0.1, 0.15) is 17.0 Å². The summed E-state index contributed by atoms with van der Waals surface area (Å²) in [5.74, 6) is -0.106. The van der Waals surface area contributed by atoms with Gasteiger partial charge in [-0.05, 0) is 28.8 Å². The molecule has 3 aromatic carbocycles. The van der Waals surface area contributed by atoms with Crippen LogP contribution in [0.25, 0.3) is 10.9 Å². The monoisotopic (exact) mass is 410 g/mol. The van der Waals surface area contributed by atoms with E-state index in [1.807, 2.05) is 18.2 Å². The number of carbonyl (C=O) groups is 1. The van der Waals surface area contributed by atoms with Crippen molar-refractivity contribution in [1.29, 1.82) is 0 Å². The van der Waals surface area contributed by atoms with Crippen molar-refractivity contribution in [2.75, 3.05) is 7.05 Å². The van der Waals surface area contributed by atoms with Crippen LogP contribution in [0.15, 0.2) is 84.9 Å². The molecule has 1 aromatic heterocycles. The summed E-state index contributed by atoms with van der Waals surface area (Å²) in [6.07, 6.45) is 0. The zero-order valence-corrected chi connectivity index (χ0v) is 18.0. The molecule has 0 aliphatic heterocycles. The fourth-order valence-electron chi connectivity index (χ4n) is 3.84. The van der Waals surface area contributed by atoms with Crippen LogP contribution in [0.3, 0.4) is 0 Å². The first-order chi connectivity index (χ1) is 14.9. The number of amides is 1. The Morgan fingerprint density at radius 3 is 2.26 bits per heavy atom. The summed E-state index contributed by atoms with van der Waals surface area (Å²) in [5, 5.41) is 10.8. The highest BCUT2D eigenvalue weighted by molar-refractivity contribution is 5.95. The highest BCUT2D eigenvalue weighted by atomic mass is 16.3. The van der Waals surface area contributed by atoms with Crippen molar-refractivity contribution in [2.24, 2.45) is 0 Å². The number of nitrogens with zero attached hydrogens (tertiary/aromatic N) is 2. The zero-order valence-electron chi connectivity index (χ0n) is 18.0. The molecule has 156 valence electrons. The van der Waals surface area contributed by atoms with Crippen molar-refractivity contribution < 1.29 is 9.90 Å². The molecule has 4 rings (SSSR count). The minimum atomic E-state index is -0.182. The molecular weight excluding hydrogens is 384 g/mol. The lowest BCUT2D eigenvalue weighted by molar-refractivity contribution is 0.0779. The summed E-state index contributed by atoms with van der Waals surface area (Å²) in [6, 6.07) is 27.6. The van der Waals surface area contributed by atoms with Crippen molar-refractivity contribution in [3.8, 4) is 5.75 Å². The Hall–Kier alpha value is -3.66. The number of hydrogen-bond acceptors (Lipinski definition) is 3. The normalized spacial score (nSPS) is 11.5. The van der Waals surface area contributed by atoms with E-state index in [1.54, 1.807) is 30.1 Å². The number of carbonyl (C=O) groups excluding carboxylic acids is 1. The average Bonchev–Trinajstić information content (AvgIpc) is 2.79. The van der Waals surface area contributed by atoms with E-state index < -0.39 is 0 Å². The Bertz CT molecular complexity index is 1220. The maximum Gasteiger partial charge on any atom is 0.272 e. The summed E-state index contributed by atoms with van der Waals surface area (Å²) >= 11 is 0. The fraction of sp³-hybridized carbons (Fsp3) is 0.185. The molecule has 0 atom stereocenters. The third kappa shape index (κ3) is 4.15. The van der Waals surface area contributed by atoms with E-state index in [2.05, 4.69) is 67.4 Å². The first-order valence-electron chi connectivity index (χ1n) is 10.4. The highest BCUT2D eigenvalue weighted by Gasteiger charge is 2.23. The number of benzene rings is 3. The van der Waals surface area contributed by atoms with Crippen molar-refractivity contribution in [3.63, 3.8) is 0 Å². The molecule has 0 unspecified atom stereocenters. The van der Waals surface area contributed by atoms with Crippen LogP contribution >= 0.6 is 0 Å². The molecule has 0 bridgehead atoms. The van der Waals surface area contributed by atoms with Crippen molar-refractivity contribution in [2.45, 2.75) is 25.8 Å². The molecule has 0 aliphatic carbocycles. The van der Waals surface area contributed by atoms with Crippen molar-refractivity contribution in [3.05, 3.63) is 107 Å². The fourth-order valence-corrected chi connectivity index (χ4v) is 3.84. The van der Waals surface area contributed by atoms with E-state index in [4.69, 9.17) is 0 Å². The molecule has 0 saturated carbocycles. The Labute approximate surface area is 182 Å². The van der Waals surface area contributed by atoms with E-state index in [1.165, 1.54) is 11.1 Å². The Morgan fingerprint density at radius 2 is 1.55 bits per heavy atom. The lowest BCUT2D eigenvalue weighted by atomic mass is 9.78. The van der Waals surface area contributed by atoms with Crippen LogP contribution in [0.1, 0.15) is 41.0 Å². The topological polar surface area (TPSA) is 53.4 Å². The van der Waals surface area contributed by atoms with E-state index >= 15 is 0 Å². The lowest BCUT2D eigenvalue weighted by Crippen LogP contribution is -2.27. The molecule has 4 heteroatoms. The number of phenols is 1. The van der Waals surface area contributed by atoms with E-state index in [0.29, 0.717) is 17.8 Å². The summed E-state index contributed by atoms with van der Waals surface area (Å²) < 4.78 is 0. The number of fused-ring (bicyclic) bond motifs is 1. The van der Waals surface area contributed by atoms with Crippen molar-refractivity contribution in [1.82, 2.24) is 9.88 Å². The predicted octanol–water partition coefficient (Wildman–Crippen LogP) is 5.54. The summed E-state index contributed by atoms with van der Waals surface area (Å²) in [5.41, 5.74) is 4.20. The van der Waals surface area contributed by atoms with Gasteiger partial charge in [-0.3, -0.25) is 4.79 Å². The van der Waals surface area contributed by atoms with Gasteiger partial charge in [0.25, 0.3) is 5.91 Å². The maximum atomic E-state index is 12.9. The molecule has 1 heterocycles. The standard InChI is InChI=1S/C27H26N2O2/c1-27(2,21-9-5-4-6-10-21)22-15-12-19(13-16-22)18-29(3)26(31)23-17-14-20-8-7-11-24(30)25(20)28-23/h4-17,30H,18H2,1-3H3. The van der Waals surface area contributed by atoms with Crippen LogP contribution in [0, 0.1) is 0 Å². The number of rotatable bonds is 5. The molecule has 1 amide bonds. The van der Waals surface area contributed by atoms with E-state index in [9.17, 15) is 9.90 Å². The zero-order chi connectivity index (χ0) is 22.0. The number of aromatic nitrogens is 1. The van der Waals surface area contributed by atoms with Gasteiger partial charge in [0.05, 0.1) is 0 Å². The summed E-state index contributed by atoms with van der Waals surface area (Å²) in [4.78, 5) is 18.9. The van der Waals surface area contributed by atoms with Crippen molar-refractivity contribution >= 4 is 16.8 Å². The second-order valence-electron chi connectivity index (χ2n) is 8.39. The van der Waals surface area contributed by atoms with E-state index in [0.717, 1.165) is 10.9 Å². The smallest absolute Gasteiger partial charge is 0.272 e. The largest absolute Gasteiger partial charge is 0.506 e. The Balaban J connectivity index is 1.50. The van der Waals surface area contributed by atoms with Crippen LogP contribution in [-0.4, -0.2) is 27.9 Å². The van der Waals surface area contributed by atoms with Crippen LogP contribution in [0.2, 0.25) is 0 Å². The Morgan fingerprint density at radius 1 is 0.871 bits per heavy atom. The minimum Gasteiger partial charge on any atom is -0.506 e. The quantitative estimate of drug-likeness (QED) is 0.470. The van der Waals surface area contributed by atoms with Crippen LogP contribution in [0.5, 0.6) is 5.75 Å². The molecule has 31 heavy (non-hydrogen) atoms. The van der Waals surface area contributed by atoms with E-state index in [-0.39, 0.29) is 17.1 Å². The van der Waals surface area contributed by atoms with Gasteiger partial charge in [-0.2, -0.15) is 0 Å². The third-order valence-electron chi connectivity index (χ3n) is 5.86. The molecule has 0 spiro atoms. The number of pyridine rings is 1. The van der Waals surface area contributed by atoms with Gasteiger partial charge in [0.15, 0.2) is 0 Å². The van der Waals surface area contributed by atoms with Crippen LogP contribution < -0.4 is 0 Å². The molecule has 4 aromatic rings. The SMILES string of the molecule is CN(Cc1ccc(C(C)(C)c2ccccc2)cc1)C(=O)c1ccc2cccc(O)c2n1. The Kier molecular flexibility index (Phi) is 5.47. The maximum absolute atomic E-state index is 12.9. The van der Waals surface area contributed by atoms with Gasteiger partial charge >= 0.3 is 0 Å². The van der Waals surface area contributed by atoms with Crippen LogP contribution in [-0.2, 0) is 12.0 Å². The molecule has 0 aliphatic rings. The minimum absolute atomic E-state index is 0.0754. The lowest BCUT2D eigenvalue weighted by Gasteiger charge is -2.26. The second kappa shape index (κ2) is 8.23. The average molecular weight is 411 g/mol. The molecule has 1 N–H and O–H groups in total. The predicted molar refractivity (Wildman–Crippen MR) is 124 cm³/mol. The van der Waals surface area contributed by atoms with Gasteiger partial charge < -0.3 is 10.0 Å². The van der Waals surface area contributed by atoms with Gasteiger partial charge in [0, 0.05) is 24.4 Å². The molecule has 0 fully saturated rings. The first-order valence-corrected chi connectivity index (χ1v) is 10.4. The number of aromatic hydroxyl groups is 1. The molecular formula is C27H26N2O2. The first kappa shape index (κ1) is 20.6. The summed E-state index contributed by atoms with van der Waals surface area (Å²) in [6.45, 7) is 4.91. The molecule has 4 nitrogen and oxygen atoms in total. The molecule has 0 saturated heterocycles. The van der Waals surface area contributed by atoms with Gasteiger partial charge in [0.2, 0.25) is 0 Å². The van der Waals surface area contributed by atoms with Gasteiger partial charge in [-0.15, -0.1) is 0 Å². The van der Waals surface area contributed by atoms with Crippen LogP contribution in [0.4, 0.5) is 0 Å². The summed E-state index contributed by atoms with van der Waals surface area (Å²) in [7, 11) is 1.76. The second-order valence-corrected chi connectivity index (χ2v) is 8.39. The van der Waals surface area contributed by atoms with Gasteiger partial charge in [-0.1, -0.05) is 86.6 Å². The number of phenolic OH excluding ortho intramolecular Hbond substituents is 1. The molecule has 0 radical (unpaired) electrons.